The number of nitrogens with zero attached hydrogens (tertiary/aromatic N) is 2. The molecule has 0 spiro atoms. The lowest BCUT2D eigenvalue weighted by molar-refractivity contribution is 0.437. The molecule has 0 amide bonds. The summed E-state index contributed by atoms with van der Waals surface area (Å²) in [6.45, 7) is 0. The summed E-state index contributed by atoms with van der Waals surface area (Å²) < 4.78 is 9.38. The van der Waals surface area contributed by atoms with Gasteiger partial charge in [-0.15, -0.1) is 0 Å². The molecule has 0 atom stereocenters. The molecule has 2 aromatic rings. The minimum atomic E-state index is 0.0567. The predicted octanol–water partition coefficient (Wildman–Crippen LogP) is 0.912. The van der Waals surface area contributed by atoms with Crippen LogP contribution in [0.2, 0.25) is 0 Å². The maximum Gasteiger partial charge on any atom is 0.319 e. The summed E-state index contributed by atoms with van der Waals surface area (Å²) in [6.07, 6.45) is 3.05. The SMILES string of the molecule is Nc1nc(-c2ccoc2)no1. The molecular formula is C6H5N3O2. The van der Waals surface area contributed by atoms with Gasteiger partial charge in [0.2, 0.25) is 5.82 Å². The van der Waals surface area contributed by atoms with Crippen LogP contribution < -0.4 is 5.73 Å². The van der Waals surface area contributed by atoms with Crippen LogP contribution in [0.15, 0.2) is 27.5 Å². The molecule has 5 nitrogen and oxygen atoms in total. The van der Waals surface area contributed by atoms with Gasteiger partial charge in [-0.25, -0.2) is 0 Å². The van der Waals surface area contributed by atoms with E-state index >= 15 is 0 Å². The Morgan fingerprint density at radius 1 is 1.45 bits per heavy atom. The number of anilines is 1. The van der Waals surface area contributed by atoms with Gasteiger partial charge in [-0.3, -0.25) is 0 Å². The van der Waals surface area contributed by atoms with Gasteiger partial charge in [0.1, 0.15) is 6.26 Å². The lowest BCUT2D eigenvalue weighted by Crippen LogP contribution is -1.82. The minimum absolute atomic E-state index is 0.0567. The molecule has 0 aliphatic carbocycles. The van der Waals surface area contributed by atoms with Gasteiger partial charge in [-0.2, -0.15) is 4.98 Å². The van der Waals surface area contributed by atoms with Crippen LogP contribution in [0.4, 0.5) is 6.01 Å². The van der Waals surface area contributed by atoms with Crippen LogP contribution in [0.5, 0.6) is 0 Å². The van der Waals surface area contributed by atoms with E-state index < -0.39 is 0 Å². The highest BCUT2D eigenvalue weighted by Crippen LogP contribution is 2.15. The van der Waals surface area contributed by atoms with Crippen LogP contribution in [-0.4, -0.2) is 10.1 Å². The second-order valence-corrected chi connectivity index (χ2v) is 1.97. The second kappa shape index (κ2) is 2.12. The average molecular weight is 151 g/mol. The smallest absolute Gasteiger partial charge is 0.319 e. The van der Waals surface area contributed by atoms with Crippen molar-refractivity contribution in [2.24, 2.45) is 0 Å². The monoisotopic (exact) mass is 151 g/mol. The summed E-state index contributed by atoms with van der Waals surface area (Å²) in [7, 11) is 0. The van der Waals surface area contributed by atoms with Crippen LogP contribution in [0.25, 0.3) is 11.4 Å². The third-order valence-electron chi connectivity index (χ3n) is 1.22. The highest BCUT2D eigenvalue weighted by atomic mass is 16.5. The minimum Gasteiger partial charge on any atom is -0.472 e. The molecule has 0 unspecified atom stereocenters. The third-order valence-corrected chi connectivity index (χ3v) is 1.22. The first kappa shape index (κ1) is 5.96. The van der Waals surface area contributed by atoms with Crippen LogP contribution in [-0.2, 0) is 0 Å². The van der Waals surface area contributed by atoms with Crippen molar-refractivity contribution in [1.29, 1.82) is 0 Å². The van der Waals surface area contributed by atoms with Crippen LogP contribution in [0, 0.1) is 0 Å². The highest BCUT2D eigenvalue weighted by molar-refractivity contribution is 5.52. The fourth-order valence-corrected chi connectivity index (χ4v) is 0.744. The van der Waals surface area contributed by atoms with Gasteiger partial charge in [0.25, 0.3) is 0 Å². The first-order valence-electron chi connectivity index (χ1n) is 2.98. The normalized spacial score (nSPS) is 10.2. The molecule has 2 N–H and O–H groups in total. The van der Waals surface area contributed by atoms with Crippen molar-refractivity contribution >= 4 is 6.01 Å². The van der Waals surface area contributed by atoms with Crippen molar-refractivity contribution < 1.29 is 8.94 Å². The third kappa shape index (κ3) is 0.958. The standard InChI is InChI=1S/C6H5N3O2/c7-6-8-5(9-11-6)4-1-2-10-3-4/h1-3H,(H2,7,8,9). The van der Waals surface area contributed by atoms with E-state index in [1.807, 2.05) is 0 Å². The number of nitrogen functional groups attached to an aromatic ring is 1. The molecule has 2 rings (SSSR count). The Bertz CT molecular complexity index is 338. The lowest BCUT2D eigenvalue weighted by atomic mass is 10.3. The van der Waals surface area contributed by atoms with E-state index in [2.05, 4.69) is 14.7 Å². The van der Waals surface area contributed by atoms with Gasteiger partial charge >= 0.3 is 6.01 Å². The second-order valence-electron chi connectivity index (χ2n) is 1.97. The first-order chi connectivity index (χ1) is 5.36. The molecule has 5 heteroatoms. The summed E-state index contributed by atoms with van der Waals surface area (Å²) in [5, 5.41) is 3.59. The Hall–Kier alpha value is -1.78. The molecule has 0 aliphatic heterocycles. The maximum atomic E-state index is 5.21. The average Bonchev–Trinajstić information content (AvgIpc) is 2.55. The Morgan fingerprint density at radius 2 is 2.36 bits per heavy atom. The number of hydrogen-bond acceptors (Lipinski definition) is 5. The van der Waals surface area contributed by atoms with Crippen LogP contribution in [0.3, 0.4) is 0 Å². The number of furan rings is 1. The fourth-order valence-electron chi connectivity index (χ4n) is 0.744. The van der Waals surface area contributed by atoms with Crippen molar-refractivity contribution in [3.63, 3.8) is 0 Å². The van der Waals surface area contributed by atoms with E-state index in [9.17, 15) is 0 Å². The Morgan fingerprint density at radius 3 is 2.91 bits per heavy atom. The van der Waals surface area contributed by atoms with Gasteiger partial charge in [0, 0.05) is 0 Å². The topological polar surface area (TPSA) is 78.1 Å². The Balaban J connectivity index is 2.45. The van der Waals surface area contributed by atoms with Crippen molar-refractivity contribution in [1.82, 2.24) is 10.1 Å². The van der Waals surface area contributed by atoms with E-state index in [1.165, 1.54) is 12.5 Å². The van der Waals surface area contributed by atoms with Crippen molar-refractivity contribution in [3.05, 3.63) is 18.6 Å². The molecule has 0 bridgehead atoms. The predicted molar refractivity (Wildman–Crippen MR) is 36.4 cm³/mol. The van der Waals surface area contributed by atoms with Crippen LogP contribution >= 0.6 is 0 Å². The van der Waals surface area contributed by atoms with Crippen molar-refractivity contribution in [3.8, 4) is 11.4 Å². The van der Waals surface area contributed by atoms with E-state index in [4.69, 9.17) is 10.2 Å². The largest absolute Gasteiger partial charge is 0.472 e. The summed E-state index contributed by atoms with van der Waals surface area (Å²) in [5.74, 6) is 0.441. The summed E-state index contributed by atoms with van der Waals surface area (Å²) in [5.41, 5.74) is 5.97. The summed E-state index contributed by atoms with van der Waals surface area (Å²) in [6, 6.07) is 1.78. The van der Waals surface area contributed by atoms with Crippen LogP contribution in [0.1, 0.15) is 0 Å². The lowest BCUT2D eigenvalue weighted by Gasteiger charge is -1.79. The number of aromatic nitrogens is 2. The molecule has 0 aromatic carbocycles. The van der Waals surface area contributed by atoms with Gasteiger partial charge in [0.15, 0.2) is 0 Å². The highest BCUT2D eigenvalue weighted by Gasteiger charge is 2.05. The van der Waals surface area contributed by atoms with Gasteiger partial charge in [0.05, 0.1) is 11.8 Å². The van der Waals surface area contributed by atoms with E-state index in [-0.39, 0.29) is 6.01 Å². The molecule has 0 radical (unpaired) electrons. The number of nitrogens with two attached hydrogens (primary N) is 1. The molecular weight excluding hydrogens is 146 g/mol. The Kier molecular flexibility index (Phi) is 1.15. The zero-order valence-electron chi connectivity index (χ0n) is 5.52. The maximum absolute atomic E-state index is 5.21. The molecule has 2 aromatic heterocycles. The molecule has 0 saturated carbocycles. The van der Waals surface area contributed by atoms with E-state index in [1.54, 1.807) is 6.07 Å². The van der Waals surface area contributed by atoms with E-state index in [0.717, 1.165) is 5.56 Å². The Labute approximate surface area is 61.8 Å². The molecule has 0 fully saturated rings. The molecule has 11 heavy (non-hydrogen) atoms. The summed E-state index contributed by atoms with van der Waals surface area (Å²) >= 11 is 0. The zero-order valence-corrected chi connectivity index (χ0v) is 5.52. The molecule has 2 heterocycles. The van der Waals surface area contributed by atoms with Crippen molar-refractivity contribution in [2.45, 2.75) is 0 Å². The summed E-state index contributed by atoms with van der Waals surface area (Å²) in [4.78, 5) is 3.79. The van der Waals surface area contributed by atoms with Gasteiger partial charge in [-0.1, -0.05) is 5.16 Å². The molecule has 0 aliphatic rings. The van der Waals surface area contributed by atoms with E-state index in [0.29, 0.717) is 5.82 Å². The first-order valence-corrected chi connectivity index (χ1v) is 2.98. The van der Waals surface area contributed by atoms with Crippen molar-refractivity contribution in [2.75, 3.05) is 5.73 Å². The van der Waals surface area contributed by atoms with Gasteiger partial charge < -0.3 is 14.7 Å². The fraction of sp³-hybridized carbons (Fsp3) is 0. The number of rotatable bonds is 1. The molecule has 0 saturated heterocycles. The van der Waals surface area contributed by atoms with Gasteiger partial charge in [-0.05, 0) is 6.07 Å². The number of hydrogen-bond donors (Lipinski definition) is 1. The quantitative estimate of drug-likeness (QED) is 0.655. The molecule has 56 valence electrons. The zero-order chi connectivity index (χ0) is 7.68.